The first-order chi connectivity index (χ1) is 10.3. The zero-order valence-electron chi connectivity index (χ0n) is 11.7. The van der Waals surface area contributed by atoms with E-state index in [-0.39, 0.29) is 6.04 Å². The first-order valence-electron chi connectivity index (χ1n) is 6.89. The van der Waals surface area contributed by atoms with Crippen molar-refractivity contribution in [3.63, 3.8) is 0 Å². The Labute approximate surface area is 132 Å². The summed E-state index contributed by atoms with van der Waals surface area (Å²) in [5, 5.41) is 8.33. The Morgan fingerprint density at radius 2 is 2.24 bits per heavy atom. The molecule has 2 heterocycles. The van der Waals surface area contributed by atoms with Crippen LogP contribution >= 0.6 is 22.9 Å². The maximum Gasteiger partial charge on any atom is 0.0907 e. The standard InChI is InChI=1S/C15H17ClN4S/c1-2-7-20-15(12(16)8-18-20)14(19-17)11-9-21-13-6-4-3-5-10(11)13/h3-6,8-9,14,19H,2,7,17H2,1H3. The van der Waals surface area contributed by atoms with Gasteiger partial charge in [-0.3, -0.25) is 10.5 Å². The van der Waals surface area contributed by atoms with Crippen molar-refractivity contribution in [2.24, 2.45) is 5.84 Å². The normalized spacial score (nSPS) is 12.9. The molecule has 0 aliphatic heterocycles. The number of thiophene rings is 1. The quantitative estimate of drug-likeness (QED) is 0.556. The predicted octanol–water partition coefficient (Wildman–Crippen LogP) is 3.71. The van der Waals surface area contributed by atoms with Gasteiger partial charge in [-0.05, 0) is 28.8 Å². The minimum absolute atomic E-state index is 0.164. The van der Waals surface area contributed by atoms with Gasteiger partial charge in [-0.1, -0.05) is 36.7 Å². The van der Waals surface area contributed by atoms with Gasteiger partial charge in [-0.15, -0.1) is 11.3 Å². The number of aryl methyl sites for hydroxylation is 1. The van der Waals surface area contributed by atoms with E-state index in [9.17, 15) is 0 Å². The van der Waals surface area contributed by atoms with Crippen molar-refractivity contribution in [3.05, 3.63) is 52.1 Å². The molecular formula is C15H17ClN4S. The third-order valence-corrected chi connectivity index (χ3v) is 4.80. The largest absolute Gasteiger partial charge is 0.271 e. The molecule has 0 radical (unpaired) electrons. The lowest BCUT2D eigenvalue weighted by Gasteiger charge is -2.18. The van der Waals surface area contributed by atoms with Crippen molar-refractivity contribution < 1.29 is 0 Å². The third-order valence-electron chi connectivity index (χ3n) is 3.53. The molecule has 3 N–H and O–H groups in total. The summed E-state index contributed by atoms with van der Waals surface area (Å²) in [6, 6.07) is 8.14. The number of rotatable bonds is 5. The molecule has 0 saturated carbocycles. The van der Waals surface area contributed by atoms with E-state index in [1.807, 2.05) is 16.8 Å². The van der Waals surface area contributed by atoms with Gasteiger partial charge in [0.25, 0.3) is 0 Å². The van der Waals surface area contributed by atoms with Crippen LogP contribution in [0.4, 0.5) is 0 Å². The Balaban J connectivity index is 2.12. The first kappa shape index (κ1) is 14.5. The van der Waals surface area contributed by atoms with Crippen LogP contribution in [0.1, 0.15) is 30.6 Å². The molecule has 21 heavy (non-hydrogen) atoms. The zero-order chi connectivity index (χ0) is 14.8. The summed E-state index contributed by atoms with van der Waals surface area (Å²) in [4.78, 5) is 0. The summed E-state index contributed by atoms with van der Waals surface area (Å²) in [5.41, 5.74) is 4.96. The average Bonchev–Trinajstić information content (AvgIpc) is 3.07. The maximum absolute atomic E-state index is 6.35. The van der Waals surface area contributed by atoms with Crippen LogP contribution < -0.4 is 11.3 Å². The van der Waals surface area contributed by atoms with E-state index in [0.717, 1.165) is 24.2 Å². The van der Waals surface area contributed by atoms with Gasteiger partial charge in [0.1, 0.15) is 0 Å². The van der Waals surface area contributed by atoms with Crippen LogP contribution in [-0.4, -0.2) is 9.78 Å². The van der Waals surface area contributed by atoms with E-state index in [4.69, 9.17) is 17.4 Å². The van der Waals surface area contributed by atoms with Crippen molar-refractivity contribution >= 4 is 33.0 Å². The molecule has 0 aliphatic carbocycles. The van der Waals surface area contributed by atoms with Crippen molar-refractivity contribution in [2.45, 2.75) is 25.9 Å². The number of hydrazine groups is 1. The van der Waals surface area contributed by atoms with E-state index < -0.39 is 0 Å². The van der Waals surface area contributed by atoms with Crippen molar-refractivity contribution in [1.82, 2.24) is 15.2 Å². The van der Waals surface area contributed by atoms with Crippen LogP contribution in [-0.2, 0) is 6.54 Å². The van der Waals surface area contributed by atoms with E-state index >= 15 is 0 Å². The van der Waals surface area contributed by atoms with Crippen LogP contribution in [0.5, 0.6) is 0 Å². The fourth-order valence-corrected chi connectivity index (χ4v) is 3.82. The molecule has 2 aromatic heterocycles. The smallest absolute Gasteiger partial charge is 0.0907 e. The molecule has 1 aromatic carbocycles. The predicted molar refractivity (Wildman–Crippen MR) is 88.5 cm³/mol. The van der Waals surface area contributed by atoms with Gasteiger partial charge in [0.05, 0.1) is 23.0 Å². The van der Waals surface area contributed by atoms with E-state index in [0.29, 0.717) is 5.02 Å². The summed E-state index contributed by atoms with van der Waals surface area (Å²) in [6.07, 6.45) is 2.68. The Hall–Kier alpha value is -1.40. The second-order valence-corrected chi connectivity index (χ2v) is 6.21. The van der Waals surface area contributed by atoms with Crippen LogP contribution in [0.2, 0.25) is 5.02 Å². The topological polar surface area (TPSA) is 55.9 Å². The summed E-state index contributed by atoms with van der Waals surface area (Å²) in [7, 11) is 0. The zero-order valence-corrected chi connectivity index (χ0v) is 13.3. The molecule has 0 saturated heterocycles. The van der Waals surface area contributed by atoms with Gasteiger partial charge in [-0.2, -0.15) is 5.10 Å². The molecule has 0 bridgehead atoms. The summed E-state index contributed by atoms with van der Waals surface area (Å²) in [5.74, 6) is 5.84. The van der Waals surface area contributed by atoms with E-state index in [2.05, 4.69) is 35.0 Å². The SMILES string of the molecule is CCCn1ncc(Cl)c1C(NN)c1csc2ccccc12. The number of nitrogens with two attached hydrogens (primary N) is 1. The number of hydrogen-bond donors (Lipinski definition) is 2. The molecule has 3 rings (SSSR count). The van der Waals surface area contributed by atoms with Gasteiger partial charge >= 0.3 is 0 Å². The summed E-state index contributed by atoms with van der Waals surface area (Å²) in [6.45, 7) is 2.94. The lowest BCUT2D eigenvalue weighted by Crippen LogP contribution is -2.30. The molecule has 0 amide bonds. The number of nitrogens with zero attached hydrogens (tertiary/aromatic N) is 2. The van der Waals surface area contributed by atoms with Crippen LogP contribution in [0.3, 0.4) is 0 Å². The third kappa shape index (κ3) is 2.58. The number of hydrogen-bond acceptors (Lipinski definition) is 4. The number of fused-ring (bicyclic) bond motifs is 1. The van der Waals surface area contributed by atoms with Gasteiger partial charge in [-0.25, -0.2) is 5.43 Å². The fourth-order valence-electron chi connectivity index (χ4n) is 2.59. The molecule has 1 atom stereocenters. The Bertz CT molecular complexity index is 749. The molecule has 1 unspecified atom stereocenters. The minimum Gasteiger partial charge on any atom is -0.271 e. The fraction of sp³-hybridized carbons (Fsp3) is 0.267. The number of halogens is 1. The highest BCUT2D eigenvalue weighted by Gasteiger charge is 2.23. The van der Waals surface area contributed by atoms with E-state index in [1.165, 1.54) is 10.1 Å². The highest BCUT2D eigenvalue weighted by Crippen LogP contribution is 2.35. The molecule has 0 spiro atoms. The molecule has 3 aromatic rings. The van der Waals surface area contributed by atoms with E-state index in [1.54, 1.807) is 17.5 Å². The maximum atomic E-state index is 6.35. The minimum atomic E-state index is -0.164. The van der Waals surface area contributed by atoms with Gasteiger partial charge in [0.15, 0.2) is 0 Å². The number of nitrogens with one attached hydrogen (secondary N) is 1. The Morgan fingerprint density at radius 3 is 3.00 bits per heavy atom. The van der Waals surface area contributed by atoms with Gasteiger partial charge in [0.2, 0.25) is 0 Å². The molecule has 0 aliphatic rings. The molecule has 110 valence electrons. The van der Waals surface area contributed by atoms with Crippen molar-refractivity contribution in [3.8, 4) is 0 Å². The highest BCUT2D eigenvalue weighted by atomic mass is 35.5. The van der Waals surface area contributed by atoms with Gasteiger partial charge in [0, 0.05) is 11.2 Å². The second kappa shape index (κ2) is 6.15. The Morgan fingerprint density at radius 1 is 1.43 bits per heavy atom. The molecule has 6 heteroatoms. The molecule has 4 nitrogen and oxygen atoms in total. The first-order valence-corrected chi connectivity index (χ1v) is 8.15. The Kier molecular flexibility index (Phi) is 4.26. The average molecular weight is 321 g/mol. The molecular weight excluding hydrogens is 304 g/mol. The van der Waals surface area contributed by atoms with Crippen molar-refractivity contribution in [1.29, 1.82) is 0 Å². The monoisotopic (exact) mass is 320 g/mol. The van der Waals surface area contributed by atoms with Crippen LogP contribution in [0.25, 0.3) is 10.1 Å². The summed E-state index contributed by atoms with van der Waals surface area (Å²) >= 11 is 8.06. The lowest BCUT2D eigenvalue weighted by atomic mass is 10.0. The van der Waals surface area contributed by atoms with Crippen molar-refractivity contribution in [2.75, 3.05) is 0 Å². The lowest BCUT2D eigenvalue weighted by molar-refractivity contribution is 0.523. The second-order valence-electron chi connectivity index (χ2n) is 4.89. The van der Waals surface area contributed by atoms with Crippen LogP contribution in [0, 0.1) is 0 Å². The van der Waals surface area contributed by atoms with Gasteiger partial charge < -0.3 is 0 Å². The van der Waals surface area contributed by atoms with Crippen LogP contribution in [0.15, 0.2) is 35.8 Å². The summed E-state index contributed by atoms with van der Waals surface area (Å²) < 4.78 is 3.17. The highest BCUT2D eigenvalue weighted by molar-refractivity contribution is 7.17. The number of benzene rings is 1. The number of aromatic nitrogens is 2. The molecule has 0 fully saturated rings.